The molecule has 0 aliphatic heterocycles. The fraction of sp³-hybridized carbons (Fsp3) is 0.176. The van der Waals surface area contributed by atoms with Gasteiger partial charge in [0.15, 0.2) is 0 Å². The van der Waals surface area contributed by atoms with Crippen molar-refractivity contribution in [2.24, 2.45) is 0 Å². The van der Waals surface area contributed by atoms with Crippen LogP contribution in [0.1, 0.15) is 27.3 Å². The van der Waals surface area contributed by atoms with Gasteiger partial charge in [0.25, 0.3) is 5.91 Å². The Hall–Kier alpha value is -2.82. The fourth-order valence-corrected chi connectivity index (χ4v) is 2.52. The second-order valence-corrected chi connectivity index (χ2v) is 5.41. The molecule has 0 saturated carbocycles. The van der Waals surface area contributed by atoms with Crippen LogP contribution in [0.4, 0.5) is 5.69 Å². The van der Waals surface area contributed by atoms with Gasteiger partial charge >= 0.3 is 0 Å². The zero-order valence-electron chi connectivity index (χ0n) is 12.7. The molecule has 0 aliphatic carbocycles. The minimum Gasteiger partial charge on any atom is -0.506 e. The Morgan fingerprint density at radius 1 is 1.23 bits per heavy atom. The molecular formula is C17H17N3O2. The lowest BCUT2D eigenvalue weighted by Crippen LogP contribution is -2.15. The highest BCUT2D eigenvalue weighted by Gasteiger charge is 2.18. The number of fused-ring (bicyclic) bond motifs is 1. The van der Waals surface area contributed by atoms with Gasteiger partial charge in [-0.3, -0.25) is 9.20 Å². The van der Waals surface area contributed by atoms with Crippen molar-refractivity contribution in [2.45, 2.75) is 20.8 Å². The molecule has 5 heteroatoms. The average Bonchev–Trinajstić information content (AvgIpc) is 2.80. The summed E-state index contributed by atoms with van der Waals surface area (Å²) in [4.78, 5) is 17.1. The third-order valence-electron chi connectivity index (χ3n) is 3.63. The van der Waals surface area contributed by atoms with Gasteiger partial charge in [-0.05, 0) is 50.1 Å². The molecular weight excluding hydrogens is 278 g/mol. The van der Waals surface area contributed by atoms with Crippen molar-refractivity contribution in [3.8, 4) is 5.75 Å². The van der Waals surface area contributed by atoms with E-state index in [-0.39, 0.29) is 11.7 Å². The third-order valence-corrected chi connectivity index (χ3v) is 3.63. The summed E-state index contributed by atoms with van der Waals surface area (Å²) in [5, 5.41) is 12.6. The molecule has 112 valence electrons. The standard InChI is InChI=1S/C17H17N3O2/c1-10-6-7-14(21)13(9-10)19-17(22)15-12(3)18-16-11(2)5-4-8-20(15)16/h4-9,21H,1-3H3,(H,19,22). The maximum absolute atomic E-state index is 12.6. The topological polar surface area (TPSA) is 66.6 Å². The molecule has 0 fully saturated rings. The summed E-state index contributed by atoms with van der Waals surface area (Å²) in [6, 6.07) is 8.92. The summed E-state index contributed by atoms with van der Waals surface area (Å²) >= 11 is 0. The summed E-state index contributed by atoms with van der Waals surface area (Å²) in [6.07, 6.45) is 1.81. The number of hydrogen-bond acceptors (Lipinski definition) is 3. The van der Waals surface area contributed by atoms with E-state index >= 15 is 0 Å². The Morgan fingerprint density at radius 3 is 2.77 bits per heavy atom. The van der Waals surface area contributed by atoms with Crippen molar-refractivity contribution in [3.05, 3.63) is 59.0 Å². The SMILES string of the molecule is Cc1ccc(O)c(NC(=O)c2c(C)nc3c(C)cccn23)c1. The molecule has 2 aromatic heterocycles. The molecule has 0 spiro atoms. The van der Waals surface area contributed by atoms with Crippen LogP contribution in [0.2, 0.25) is 0 Å². The molecule has 2 N–H and O–H groups in total. The predicted octanol–water partition coefficient (Wildman–Crippen LogP) is 3.22. The van der Waals surface area contributed by atoms with Gasteiger partial charge in [0.1, 0.15) is 17.1 Å². The van der Waals surface area contributed by atoms with Gasteiger partial charge < -0.3 is 10.4 Å². The van der Waals surface area contributed by atoms with Crippen LogP contribution < -0.4 is 5.32 Å². The largest absolute Gasteiger partial charge is 0.506 e. The number of aromatic nitrogens is 2. The summed E-state index contributed by atoms with van der Waals surface area (Å²) in [5.41, 5.74) is 4.24. The monoisotopic (exact) mass is 295 g/mol. The van der Waals surface area contributed by atoms with Crippen LogP contribution in [0, 0.1) is 20.8 Å². The Bertz CT molecular complexity index is 881. The Morgan fingerprint density at radius 2 is 2.00 bits per heavy atom. The van der Waals surface area contributed by atoms with E-state index in [1.54, 1.807) is 29.5 Å². The van der Waals surface area contributed by atoms with Crippen LogP contribution in [0.3, 0.4) is 0 Å². The molecule has 0 unspecified atom stereocenters. The highest BCUT2D eigenvalue weighted by Crippen LogP contribution is 2.25. The van der Waals surface area contributed by atoms with Crippen molar-refractivity contribution in [3.63, 3.8) is 0 Å². The molecule has 22 heavy (non-hydrogen) atoms. The number of nitrogens with one attached hydrogen (secondary N) is 1. The second-order valence-electron chi connectivity index (χ2n) is 5.41. The van der Waals surface area contributed by atoms with Crippen LogP contribution in [0.25, 0.3) is 5.65 Å². The first-order chi connectivity index (χ1) is 10.5. The molecule has 0 aliphatic rings. The number of nitrogens with zero attached hydrogens (tertiary/aromatic N) is 2. The number of phenols is 1. The second kappa shape index (κ2) is 5.18. The number of phenolic OH excluding ortho intramolecular Hbond substituents is 1. The van der Waals surface area contributed by atoms with E-state index in [1.807, 2.05) is 32.2 Å². The molecule has 0 saturated heterocycles. The number of aromatic hydroxyl groups is 1. The summed E-state index contributed by atoms with van der Waals surface area (Å²) in [5.74, 6) is -0.252. The third kappa shape index (κ3) is 2.30. The molecule has 1 amide bonds. The smallest absolute Gasteiger partial charge is 0.274 e. The molecule has 3 aromatic rings. The van der Waals surface area contributed by atoms with E-state index in [2.05, 4.69) is 10.3 Å². The van der Waals surface area contributed by atoms with Crippen molar-refractivity contribution >= 4 is 17.2 Å². The number of pyridine rings is 1. The molecule has 0 atom stereocenters. The van der Waals surface area contributed by atoms with Crippen LogP contribution in [-0.4, -0.2) is 20.4 Å². The number of benzene rings is 1. The minimum atomic E-state index is -0.295. The molecule has 0 radical (unpaired) electrons. The van der Waals surface area contributed by atoms with Gasteiger partial charge in [-0.25, -0.2) is 4.98 Å². The number of carbonyl (C=O) groups is 1. The Balaban J connectivity index is 2.04. The lowest BCUT2D eigenvalue weighted by Gasteiger charge is -2.09. The Labute approximate surface area is 128 Å². The summed E-state index contributed by atoms with van der Waals surface area (Å²) in [6.45, 7) is 5.66. The maximum Gasteiger partial charge on any atom is 0.274 e. The van der Waals surface area contributed by atoms with Crippen molar-refractivity contribution in [2.75, 3.05) is 5.32 Å². The van der Waals surface area contributed by atoms with Crippen LogP contribution in [-0.2, 0) is 0 Å². The molecule has 2 heterocycles. The van der Waals surface area contributed by atoms with Crippen molar-refractivity contribution < 1.29 is 9.90 Å². The number of amides is 1. The zero-order valence-corrected chi connectivity index (χ0v) is 12.7. The number of rotatable bonds is 2. The zero-order chi connectivity index (χ0) is 15.9. The van der Waals surface area contributed by atoms with Crippen LogP contribution in [0.5, 0.6) is 5.75 Å². The lowest BCUT2D eigenvalue weighted by molar-refractivity contribution is 0.102. The van der Waals surface area contributed by atoms with Crippen LogP contribution in [0.15, 0.2) is 36.5 Å². The van der Waals surface area contributed by atoms with Crippen LogP contribution >= 0.6 is 0 Å². The summed E-state index contributed by atoms with van der Waals surface area (Å²) in [7, 11) is 0. The molecule has 3 rings (SSSR count). The van der Waals surface area contributed by atoms with E-state index in [0.717, 1.165) is 16.8 Å². The number of anilines is 1. The average molecular weight is 295 g/mol. The van der Waals surface area contributed by atoms with Gasteiger partial charge in [-0.1, -0.05) is 12.1 Å². The quantitative estimate of drug-likeness (QED) is 0.713. The number of carbonyl (C=O) groups excluding carboxylic acids is 1. The van der Waals surface area contributed by atoms with Gasteiger partial charge in [-0.2, -0.15) is 0 Å². The number of imidazole rings is 1. The molecule has 0 bridgehead atoms. The van der Waals surface area contributed by atoms with Gasteiger partial charge in [0.2, 0.25) is 0 Å². The van der Waals surface area contributed by atoms with Gasteiger partial charge in [0.05, 0.1) is 11.4 Å². The summed E-state index contributed by atoms with van der Waals surface area (Å²) < 4.78 is 1.77. The van der Waals surface area contributed by atoms with E-state index in [1.165, 1.54) is 0 Å². The number of aryl methyl sites for hydroxylation is 3. The highest BCUT2D eigenvalue weighted by atomic mass is 16.3. The van der Waals surface area contributed by atoms with Gasteiger partial charge in [0, 0.05) is 6.20 Å². The maximum atomic E-state index is 12.6. The van der Waals surface area contributed by atoms with E-state index in [9.17, 15) is 9.90 Å². The van der Waals surface area contributed by atoms with E-state index in [4.69, 9.17) is 0 Å². The van der Waals surface area contributed by atoms with Crippen molar-refractivity contribution in [1.29, 1.82) is 0 Å². The fourth-order valence-electron chi connectivity index (χ4n) is 2.52. The lowest BCUT2D eigenvalue weighted by atomic mass is 10.2. The first kappa shape index (κ1) is 14.1. The first-order valence-electron chi connectivity index (χ1n) is 7.02. The Kier molecular flexibility index (Phi) is 3.33. The molecule has 1 aromatic carbocycles. The highest BCUT2D eigenvalue weighted by molar-refractivity contribution is 6.05. The van der Waals surface area contributed by atoms with E-state index < -0.39 is 0 Å². The van der Waals surface area contributed by atoms with E-state index in [0.29, 0.717) is 17.1 Å². The van der Waals surface area contributed by atoms with Crippen molar-refractivity contribution in [1.82, 2.24) is 9.38 Å². The number of hydrogen-bond donors (Lipinski definition) is 2. The predicted molar refractivity (Wildman–Crippen MR) is 85.5 cm³/mol. The normalized spacial score (nSPS) is 10.9. The minimum absolute atomic E-state index is 0.0432. The van der Waals surface area contributed by atoms with Gasteiger partial charge in [-0.15, -0.1) is 0 Å². The molecule has 5 nitrogen and oxygen atoms in total. The first-order valence-corrected chi connectivity index (χ1v) is 7.02.